The number of aromatic nitrogens is 2. The first-order valence-electron chi connectivity index (χ1n) is 6.69. The van der Waals surface area contributed by atoms with Crippen molar-refractivity contribution < 1.29 is 18.0 Å². The Balaban J connectivity index is 1.96. The molecule has 0 aromatic carbocycles. The molecule has 2 aromatic rings. The molecule has 0 unspecified atom stereocenters. The molecule has 1 aliphatic heterocycles. The number of amides is 1. The fourth-order valence-electron chi connectivity index (χ4n) is 2.42. The van der Waals surface area contributed by atoms with Crippen LogP contribution < -0.4 is 4.90 Å². The lowest BCUT2D eigenvalue weighted by Gasteiger charge is -2.35. The Morgan fingerprint density at radius 1 is 1.23 bits per heavy atom. The van der Waals surface area contributed by atoms with Crippen LogP contribution in [0.3, 0.4) is 0 Å². The molecule has 0 spiro atoms. The largest absolute Gasteiger partial charge is 0.451 e. The summed E-state index contributed by atoms with van der Waals surface area (Å²) in [4.78, 5) is 22.1. The van der Waals surface area contributed by atoms with Crippen molar-refractivity contribution in [3.05, 3.63) is 17.3 Å². The van der Waals surface area contributed by atoms with Crippen molar-refractivity contribution in [2.75, 3.05) is 31.1 Å². The summed E-state index contributed by atoms with van der Waals surface area (Å²) in [7, 11) is 0. The zero-order valence-electron chi connectivity index (χ0n) is 11.7. The molecule has 0 aliphatic carbocycles. The number of fused-ring (bicyclic) bond motifs is 1. The molecule has 1 aliphatic rings. The lowest BCUT2D eigenvalue weighted by Crippen LogP contribution is -2.48. The number of anilines is 1. The molecule has 0 saturated carbocycles. The Morgan fingerprint density at radius 2 is 1.91 bits per heavy atom. The highest BCUT2D eigenvalue weighted by Crippen LogP contribution is 2.34. The van der Waals surface area contributed by atoms with Crippen molar-refractivity contribution in [1.29, 1.82) is 0 Å². The van der Waals surface area contributed by atoms with Crippen molar-refractivity contribution in [2.24, 2.45) is 0 Å². The number of thiophene rings is 1. The van der Waals surface area contributed by atoms with E-state index in [4.69, 9.17) is 0 Å². The molecule has 1 saturated heterocycles. The number of rotatable bonds is 1. The van der Waals surface area contributed by atoms with E-state index < -0.39 is 12.0 Å². The molecule has 22 heavy (non-hydrogen) atoms. The van der Waals surface area contributed by atoms with Crippen LogP contribution in [0.4, 0.5) is 19.0 Å². The van der Waals surface area contributed by atoms with E-state index in [1.165, 1.54) is 18.3 Å². The second-order valence-electron chi connectivity index (χ2n) is 5.00. The summed E-state index contributed by atoms with van der Waals surface area (Å²) in [6.07, 6.45) is -4.58. The number of hydrogen-bond donors (Lipinski definition) is 0. The van der Waals surface area contributed by atoms with Gasteiger partial charge >= 0.3 is 6.18 Å². The molecule has 118 valence electrons. The third-order valence-corrected chi connectivity index (χ3v) is 4.46. The lowest BCUT2D eigenvalue weighted by molar-refractivity contribution is -0.144. The summed E-state index contributed by atoms with van der Waals surface area (Å²) in [6, 6.07) is 1.56. The van der Waals surface area contributed by atoms with Gasteiger partial charge in [0.1, 0.15) is 0 Å². The number of carbonyl (C=O) groups is 1. The minimum atomic E-state index is -4.58. The van der Waals surface area contributed by atoms with Crippen molar-refractivity contribution in [3.63, 3.8) is 0 Å². The predicted octanol–water partition coefficient (Wildman–Crippen LogP) is 2.38. The first-order chi connectivity index (χ1) is 10.4. The molecule has 2 aromatic heterocycles. The average Bonchev–Trinajstić information content (AvgIpc) is 2.93. The van der Waals surface area contributed by atoms with Crippen LogP contribution in [0.5, 0.6) is 0 Å². The van der Waals surface area contributed by atoms with E-state index in [9.17, 15) is 18.0 Å². The molecule has 5 nitrogen and oxygen atoms in total. The molecule has 3 heterocycles. The van der Waals surface area contributed by atoms with E-state index in [0.29, 0.717) is 42.2 Å². The van der Waals surface area contributed by atoms with Gasteiger partial charge in [0.25, 0.3) is 0 Å². The first-order valence-corrected chi connectivity index (χ1v) is 7.57. The third kappa shape index (κ3) is 2.72. The molecule has 0 N–H and O–H groups in total. The molecular weight excluding hydrogens is 317 g/mol. The zero-order valence-corrected chi connectivity index (χ0v) is 12.5. The summed E-state index contributed by atoms with van der Waals surface area (Å²) in [5.74, 6) is -0.850. The molecule has 9 heteroatoms. The maximum atomic E-state index is 12.9. The zero-order chi connectivity index (χ0) is 15.9. The maximum absolute atomic E-state index is 12.9. The smallest absolute Gasteiger partial charge is 0.352 e. The highest BCUT2D eigenvalue weighted by Gasteiger charge is 2.36. The van der Waals surface area contributed by atoms with Crippen LogP contribution >= 0.6 is 11.3 Å². The Morgan fingerprint density at radius 3 is 2.50 bits per heavy atom. The van der Waals surface area contributed by atoms with E-state index in [-0.39, 0.29) is 5.91 Å². The summed E-state index contributed by atoms with van der Waals surface area (Å²) >= 11 is 1.32. The molecular formula is C13H13F3N4OS. The summed E-state index contributed by atoms with van der Waals surface area (Å²) in [6.45, 7) is 3.36. The number of piperazine rings is 1. The fourth-order valence-corrected chi connectivity index (χ4v) is 3.27. The van der Waals surface area contributed by atoms with Crippen LogP contribution in [0, 0.1) is 0 Å². The van der Waals surface area contributed by atoms with Gasteiger partial charge < -0.3 is 9.80 Å². The summed E-state index contributed by atoms with van der Waals surface area (Å²) in [5, 5.41) is 1.70. The third-order valence-electron chi connectivity index (χ3n) is 3.56. The first kappa shape index (κ1) is 15.0. The van der Waals surface area contributed by atoms with Crippen molar-refractivity contribution in [2.45, 2.75) is 13.1 Å². The number of nitrogens with zero attached hydrogens (tertiary/aromatic N) is 4. The van der Waals surface area contributed by atoms with Gasteiger partial charge in [-0.2, -0.15) is 13.2 Å². The molecule has 1 amide bonds. The van der Waals surface area contributed by atoms with Gasteiger partial charge in [-0.1, -0.05) is 0 Å². The van der Waals surface area contributed by atoms with E-state index in [1.807, 2.05) is 0 Å². The topological polar surface area (TPSA) is 49.3 Å². The van der Waals surface area contributed by atoms with Crippen LogP contribution in [0.2, 0.25) is 0 Å². The minimum Gasteiger partial charge on any atom is -0.352 e. The number of alkyl halides is 3. The van der Waals surface area contributed by atoms with Gasteiger partial charge in [0.15, 0.2) is 5.82 Å². The van der Waals surface area contributed by atoms with Crippen molar-refractivity contribution in [3.8, 4) is 0 Å². The number of carbonyl (C=O) groups excluding carboxylic acids is 1. The van der Waals surface area contributed by atoms with Gasteiger partial charge in [-0.05, 0) is 11.4 Å². The fraction of sp³-hybridized carbons (Fsp3) is 0.462. The monoisotopic (exact) mass is 330 g/mol. The van der Waals surface area contributed by atoms with Crippen molar-refractivity contribution >= 4 is 33.3 Å². The van der Waals surface area contributed by atoms with Gasteiger partial charge in [-0.15, -0.1) is 11.3 Å². The predicted molar refractivity (Wildman–Crippen MR) is 76.9 cm³/mol. The van der Waals surface area contributed by atoms with E-state index in [2.05, 4.69) is 9.97 Å². The molecule has 1 fully saturated rings. The Bertz CT molecular complexity index is 707. The van der Waals surface area contributed by atoms with Gasteiger partial charge in [0.2, 0.25) is 11.7 Å². The van der Waals surface area contributed by atoms with Crippen molar-refractivity contribution in [1.82, 2.24) is 14.9 Å². The Kier molecular flexibility index (Phi) is 3.67. The van der Waals surface area contributed by atoms with Crippen LogP contribution in [0.1, 0.15) is 12.7 Å². The second-order valence-corrected chi connectivity index (χ2v) is 5.91. The van der Waals surface area contributed by atoms with Gasteiger partial charge in [0.05, 0.1) is 10.2 Å². The van der Waals surface area contributed by atoms with Crippen LogP contribution in [0.15, 0.2) is 11.4 Å². The summed E-state index contributed by atoms with van der Waals surface area (Å²) < 4.78 is 39.5. The van der Waals surface area contributed by atoms with Gasteiger partial charge in [0, 0.05) is 33.1 Å². The van der Waals surface area contributed by atoms with Crippen LogP contribution in [0.25, 0.3) is 10.2 Å². The van der Waals surface area contributed by atoms with E-state index in [1.54, 1.807) is 21.2 Å². The molecule has 3 rings (SSSR count). The lowest BCUT2D eigenvalue weighted by atomic mass is 10.3. The van der Waals surface area contributed by atoms with Crippen LogP contribution in [-0.2, 0) is 11.0 Å². The Hall–Kier alpha value is -1.90. The molecule has 0 atom stereocenters. The summed E-state index contributed by atoms with van der Waals surface area (Å²) in [5.41, 5.74) is 0.302. The quantitative estimate of drug-likeness (QED) is 0.805. The standard InChI is InChI=1S/C13H13F3N4OS/c1-8(21)19-3-5-20(6-4-19)11-10-9(2-7-22-10)17-12(18-11)13(14,15)16/h2,7H,3-6H2,1H3. The van der Waals surface area contributed by atoms with Crippen LogP contribution in [-0.4, -0.2) is 47.0 Å². The van der Waals surface area contributed by atoms with Gasteiger partial charge in [-0.3, -0.25) is 4.79 Å². The number of hydrogen-bond acceptors (Lipinski definition) is 5. The highest BCUT2D eigenvalue weighted by molar-refractivity contribution is 7.17. The highest BCUT2D eigenvalue weighted by atomic mass is 32.1. The normalized spacial score (nSPS) is 16.4. The average molecular weight is 330 g/mol. The number of halogens is 3. The van der Waals surface area contributed by atoms with Gasteiger partial charge in [-0.25, -0.2) is 9.97 Å². The second kappa shape index (κ2) is 5.38. The SMILES string of the molecule is CC(=O)N1CCN(c2nc(C(F)(F)F)nc3ccsc23)CC1. The molecule has 0 radical (unpaired) electrons. The Labute approximate surface area is 128 Å². The van der Waals surface area contributed by atoms with E-state index >= 15 is 0 Å². The van der Waals surface area contributed by atoms with E-state index in [0.717, 1.165) is 0 Å². The maximum Gasteiger partial charge on any atom is 0.451 e. The molecule has 0 bridgehead atoms. The minimum absolute atomic E-state index is 0.0282.